The second kappa shape index (κ2) is 11.4. The van der Waals surface area contributed by atoms with Crippen molar-refractivity contribution in [2.75, 3.05) is 32.8 Å². The lowest BCUT2D eigenvalue weighted by Crippen LogP contribution is -2.48. The number of benzene rings is 1. The molecule has 1 heterocycles. The van der Waals surface area contributed by atoms with Gasteiger partial charge in [-0.3, -0.25) is 4.99 Å². The van der Waals surface area contributed by atoms with Crippen LogP contribution in [0, 0.1) is 5.92 Å². The van der Waals surface area contributed by atoms with E-state index >= 15 is 0 Å². The number of piperidine rings is 1. The van der Waals surface area contributed by atoms with E-state index in [1.807, 2.05) is 25.1 Å². The minimum absolute atomic E-state index is 0.234. The molecule has 1 atom stereocenters. The Morgan fingerprint density at radius 1 is 1.33 bits per heavy atom. The normalized spacial score (nSPS) is 16.8. The molecule has 2 rings (SSSR count). The highest BCUT2D eigenvalue weighted by molar-refractivity contribution is 5.78. The third kappa shape index (κ3) is 7.86. The van der Waals surface area contributed by atoms with Crippen LogP contribution in [0.4, 0.5) is 4.79 Å². The monoisotopic (exact) mass is 376 g/mol. The Morgan fingerprint density at radius 2 is 2.04 bits per heavy atom. The number of nitrogens with zero attached hydrogens (tertiary/aromatic N) is 2. The number of guanidine groups is 1. The largest absolute Gasteiger partial charge is 0.450 e. The van der Waals surface area contributed by atoms with E-state index in [4.69, 9.17) is 15.2 Å². The molecule has 1 aromatic rings. The molecule has 1 aliphatic heterocycles. The first-order valence-corrected chi connectivity index (χ1v) is 9.68. The highest BCUT2D eigenvalue weighted by Gasteiger charge is 2.23. The summed E-state index contributed by atoms with van der Waals surface area (Å²) in [4.78, 5) is 17.9. The van der Waals surface area contributed by atoms with Crippen molar-refractivity contribution >= 4 is 12.1 Å². The lowest BCUT2D eigenvalue weighted by Gasteiger charge is -2.31. The maximum absolute atomic E-state index is 11.7. The number of hydrogen-bond acceptors (Lipinski definition) is 4. The van der Waals surface area contributed by atoms with Crippen molar-refractivity contribution in [2.24, 2.45) is 16.6 Å². The highest BCUT2D eigenvalue weighted by Crippen LogP contribution is 2.11. The first-order chi connectivity index (χ1) is 13.1. The van der Waals surface area contributed by atoms with Gasteiger partial charge >= 0.3 is 6.09 Å². The summed E-state index contributed by atoms with van der Waals surface area (Å²) in [6.07, 6.45) is 1.44. The molecule has 1 amide bonds. The lowest BCUT2D eigenvalue weighted by atomic mass is 10.1. The molecule has 0 spiro atoms. The fourth-order valence-electron chi connectivity index (χ4n) is 2.94. The summed E-state index contributed by atoms with van der Waals surface area (Å²) in [7, 11) is 0. The van der Waals surface area contributed by atoms with Crippen LogP contribution in [0.1, 0.15) is 32.3 Å². The molecule has 0 aromatic heterocycles. The van der Waals surface area contributed by atoms with Gasteiger partial charge in [0.25, 0.3) is 0 Å². The minimum Gasteiger partial charge on any atom is -0.450 e. The van der Waals surface area contributed by atoms with E-state index in [1.54, 1.807) is 4.90 Å². The van der Waals surface area contributed by atoms with Crippen LogP contribution in [0.25, 0.3) is 0 Å². The molecular weight excluding hydrogens is 344 g/mol. The van der Waals surface area contributed by atoms with E-state index in [9.17, 15) is 4.79 Å². The topological polar surface area (TPSA) is 89.2 Å². The molecule has 0 bridgehead atoms. The van der Waals surface area contributed by atoms with Gasteiger partial charge in [0.2, 0.25) is 0 Å². The van der Waals surface area contributed by atoms with Crippen molar-refractivity contribution in [3.05, 3.63) is 35.9 Å². The Kier molecular flexibility index (Phi) is 8.91. The van der Waals surface area contributed by atoms with Crippen LogP contribution >= 0.6 is 0 Å². The average Bonchev–Trinajstić information content (AvgIpc) is 2.68. The van der Waals surface area contributed by atoms with Gasteiger partial charge in [-0.05, 0) is 31.2 Å². The van der Waals surface area contributed by atoms with Crippen LogP contribution < -0.4 is 11.1 Å². The van der Waals surface area contributed by atoms with E-state index in [1.165, 1.54) is 5.56 Å². The molecule has 1 aliphatic rings. The molecule has 1 saturated heterocycles. The van der Waals surface area contributed by atoms with Crippen molar-refractivity contribution in [3.63, 3.8) is 0 Å². The second-order valence-electron chi connectivity index (χ2n) is 6.94. The van der Waals surface area contributed by atoms with Crippen molar-refractivity contribution in [1.29, 1.82) is 0 Å². The average molecular weight is 377 g/mol. The summed E-state index contributed by atoms with van der Waals surface area (Å²) >= 11 is 0. The number of rotatable bonds is 8. The van der Waals surface area contributed by atoms with Crippen LogP contribution in [0.2, 0.25) is 0 Å². The smallest absolute Gasteiger partial charge is 0.409 e. The number of carbonyl (C=O) groups is 1. The van der Waals surface area contributed by atoms with E-state index < -0.39 is 0 Å². The quantitative estimate of drug-likeness (QED) is 0.537. The van der Waals surface area contributed by atoms with Gasteiger partial charge in [0.1, 0.15) is 0 Å². The minimum atomic E-state index is -0.234. The maximum atomic E-state index is 11.7. The first kappa shape index (κ1) is 21.0. The van der Waals surface area contributed by atoms with Gasteiger partial charge in [0.15, 0.2) is 5.96 Å². The Balaban J connectivity index is 1.62. The molecule has 27 heavy (non-hydrogen) atoms. The van der Waals surface area contributed by atoms with Gasteiger partial charge in [0, 0.05) is 25.7 Å². The second-order valence-corrected chi connectivity index (χ2v) is 6.94. The number of amides is 1. The first-order valence-electron chi connectivity index (χ1n) is 9.68. The Bertz CT molecular complexity index is 586. The van der Waals surface area contributed by atoms with Gasteiger partial charge in [-0.25, -0.2) is 4.79 Å². The number of hydrogen-bond donors (Lipinski definition) is 2. The molecule has 1 aromatic carbocycles. The molecule has 3 N–H and O–H groups in total. The molecule has 7 nitrogen and oxygen atoms in total. The fraction of sp³-hybridized carbons (Fsp3) is 0.600. The van der Waals surface area contributed by atoms with Gasteiger partial charge in [-0.2, -0.15) is 0 Å². The molecule has 1 fully saturated rings. The van der Waals surface area contributed by atoms with Crippen molar-refractivity contribution in [3.8, 4) is 0 Å². The zero-order valence-corrected chi connectivity index (χ0v) is 16.4. The lowest BCUT2D eigenvalue weighted by molar-refractivity contribution is 0.0944. The zero-order chi connectivity index (χ0) is 19.5. The molecule has 0 radical (unpaired) electrons. The van der Waals surface area contributed by atoms with Crippen LogP contribution in [0.3, 0.4) is 0 Å². The third-order valence-corrected chi connectivity index (χ3v) is 4.46. The van der Waals surface area contributed by atoms with E-state index in [0.29, 0.717) is 51.3 Å². The number of carbonyl (C=O) groups excluding carboxylic acids is 1. The summed E-state index contributed by atoms with van der Waals surface area (Å²) in [6, 6.07) is 10.4. The van der Waals surface area contributed by atoms with Gasteiger partial charge < -0.3 is 25.4 Å². The van der Waals surface area contributed by atoms with Crippen molar-refractivity contribution in [2.45, 2.75) is 39.3 Å². The van der Waals surface area contributed by atoms with Gasteiger partial charge in [-0.1, -0.05) is 37.3 Å². The SMILES string of the molecule is CCOC(=O)N1CCC(NC(N)=NCC(C)COCc2ccccc2)CC1. The van der Waals surface area contributed by atoms with Crippen LogP contribution in [-0.2, 0) is 16.1 Å². The standard InChI is InChI=1S/C20H32N4O3/c1-3-27-20(25)24-11-9-18(10-12-24)23-19(21)22-13-16(2)14-26-15-17-7-5-4-6-8-17/h4-8,16,18H,3,9-15H2,1-2H3,(H3,21,22,23). The summed E-state index contributed by atoms with van der Waals surface area (Å²) in [5.74, 6) is 0.749. The van der Waals surface area contributed by atoms with E-state index in [-0.39, 0.29) is 12.1 Å². The summed E-state index contributed by atoms with van der Waals surface area (Å²) in [6.45, 7) is 7.54. The third-order valence-electron chi connectivity index (χ3n) is 4.46. The zero-order valence-electron chi connectivity index (χ0n) is 16.4. The maximum Gasteiger partial charge on any atom is 0.409 e. The highest BCUT2D eigenvalue weighted by atomic mass is 16.6. The van der Waals surface area contributed by atoms with Crippen LogP contribution in [0.15, 0.2) is 35.3 Å². The summed E-state index contributed by atoms with van der Waals surface area (Å²) in [5, 5.41) is 3.26. The molecule has 7 heteroatoms. The number of nitrogens with one attached hydrogen (secondary N) is 1. The van der Waals surface area contributed by atoms with E-state index in [2.05, 4.69) is 29.4 Å². The predicted octanol–water partition coefficient (Wildman–Crippen LogP) is 2.36. The summed E-state index contributed by atoms with van der Waals surface area (Å²) < 4.78 is 10.8. The molecule has 150 valence electrons. The molecule has 0 aliphatic carbocycles. The van der Waals surface area contributed by atoms with Gasteiger partial charge in [-0.15, -0.1) is 0 Å². The predicted molar refractivity (Wildman–Crippen MR) is 107 cm³/mol. The fourth-order valence-corrected chi connectivity index (χ4v) is 2.94. The van der Waals surface area contributed by atoms with Crippen LogP contribution in [-0.4, -0.2) is 55.8 Å². The van der Waals surface area contributed by atoms with Gasteiger partial charge in [0.05, 0.1) is 19.8 Å². The van der Waals surface area contributed by atoms with Crippen molar-refractivity contribution in [1.82, 2.24) is 10.2 Å². The Morgan fingerprint density at radius 3 is 2.70 bits per heavy atom. The molecule has 1 unspecified atom stereocenters. The molecule has 0 saturated carbocycles. The Hall–Kier alpha value is -2.28. The Labute approximate surface area is 161 Å². The number of likely N-dealkylation sites (tertiary alicyclic amines) is 1. The van der Waals surface area contributed by atoms with Crippen LogP contribution in [0.5, 0.6) is 0 Å². The summed E-state index contributed by atoms with van der Waals surface area (Å²) in [5.41, 5.74) is 7.18. The number of ether oxygens (including phenoxy) is 2. The van der Waals surface area contributed by atoms with Crippen molar-refractivity contribution < 1.29 is 14.3 Å². The number of aliphatic imine (C=N–C) groups is 1. The van der Waals surface area contributed by atoms with E-state index in [0.717, 1.165) is 12.8 Å². The molecular formula is C20H32N4O3. The number of nitrogens with two attached hydrogens (primary N) is 1.